The molecule has 20 heavy (non-hydrogen) atoms. The second-order valence-corrected chi connectivity index (χ2v) is 4.83. The van der Waals surface area contributed by atoms with Gasteiger partial charge in [0.2, 0.25) is 0 Å². The Bertz CT molecular complexity index is 603. The topological polar surface area (TPSA) is 57.5 Å². The summed E-state index contributed by atoms with van der Waals surface area (Å²) < 4.78 is 0. The number of Topliss-reactive ketones (excluding diaryl/α,β-unsaturated/α-hetero) is 1. The van der Waals surface area contributed by atoms with Crippen LogP contribution in [0, 0.1) is 0 Å². The first-order chi connectivity index (χ1) is 9.61. The number of aromatic hydroxyl groups is 2. The molecule has 0 amide bonds. The van der Waals surface area contributed by atoms with Crippen molar-refractivity contribution >= 4 is 5.78 Å². The first-order valence-electron chi connectivity index (χ1n) is 6.73. The summed E-state index contributed by atoms with van der Waals surface area (Å²) in [5.74, 6) is -0.269. The molecule has 3 nitrogen and oxygen atoms in total. The average molecular weight is 270 g/mol. The minimum Gasteiger partial charge on any atom is -0.508 e. The molecule has 0 unspecified atom stereocenters. The van der Waals surface area contributed by atoms with E-state index in [1.807, 2.05) is 37.3 Å². The molecule has 0 atom stereocenters. The molecule has 2 aromatic rings. The summed E-state index contributed by atoms with van der Waals surface area (Å²) >= 11 is 0. The first-order valence-corrected chi connectivity index (χ1v) is 6.73. The van der Waals surface area contributed by atoms with Gasteiger partial charge in [-0.05, 0) is 23.6 Å². The molecule has 3 heteroatoms. The molecule has 0 bridgehead atoms. The SMILES string of the molecule is CCCc1cc(C(=O)Cc2ccccc2)c(O)cc1O. The Hall–Kier alpha value is -2.29. The number of carbonyl (C=O) groups is 1. The van der Waals surface area contributed by atoms with Crippen molar-refractivity contribution in [1.29, 1.82) is 0 Å². The third-order valence-electron chi connectivity index (χ3n) is 3.22. The Labute approximate surface area is 118 Å². The van der Waals surface area contributed by atoms with Crippen LogP contribution >= 0.6 is 0 Å². The standard InChI is InChI=1S/C17H18O3/c1-2-6-13-10-14(17(20)11-15(13)18)16(19)9-12-7-4-3-5-8-12/h3-5,7-8,10-11,18,20H,2,6,9H2,1H3. The van der Waals surface area contributed by atoms with Gasteiger partial charge in [0.05, 0.1) is 5.56 Å². The maximum Gasteiger partial charge on any atom is 0.170 e. The predicted molar refractivity (Wildman–Crippen MR) is 78.2 cm³/mol. The van der Waals surface area contributed by atoms with E-state index in [2.05, 4.69) is 0 Å². The molecule has 2 N–H and O–H groups in total. The highest BCUT2D eigenvalue weighted by Crippen LogP contribution is 2.29. The van der Waals surface area contributed by atoms with Crippen LogP contribution in [-0.2, 0) is 12.8 Å². The van der Waals surface area contributed by atoms with Crippen LogP contribution in [0.3, 0.4) is 0 Å². The minimum absolute atomic E-state index is 0.0422. The van der Waals surface area contributed by atoms with Crippen molar-refractivity contribution in [2.45, 2.75) is 26.2 Å². The van der Waals surface area contributed by atoms with Crippen molar-refractivity contribution in [2.75, 3.05) is 0 Å². The lowest BCUT2D eigenvalue weighted by molar-refractivity contribution is 0.0990. The molecule has 0 spiro atoms. The Morgan fingerprint density at radius 1 is 1.05 bits per heavy atom. The molecule has 0 radical (unpaired) electrons. The van der Waals surface area contributed by atoms with E-state index in [9.17, 15) is 15.0 Å². The molecule has 0 heterocycles. The molecule has 0 fully saturated rings. The number of ketones is 1. The number of hydrogen-bond donors (Lipinski definition) is 2. The number of carbonyl (C=O) groups excluding carboxylic acids is 1. The zero-order chi connectivity index (χ0) is 14.5. The molecular weight excluding hydrogens is 252 g/mol. The van der Waals surface area contributed by atoms with Gasteiger partial charge in [-0.2, -0.15) is 0 Å². The molecule has 0 saturated heterocycles. The number of hydrogen-bond acceptors (Lipinski definition) is 3. The van der Waals surface area contributed by atoms with Crippen molar-refractivity contribution in [3.8, 4) is 11.5 Å². The highest BCUT2D eigenvalue weighted by Gasteiger charge is 2.15. The van der Waals surface area contributed by atoms with Gasteiger partial charge in [-0.1, -0.05) is 43.7 Å². The smallest absolute Gasteiger partial charge is 0.170 e. The maximum absolute atomic E-state index is 12.3. The predicted octanol–water partition coefficient (Wildman–Crippen LogP) is 3.48. The van der Waals surface area contributed by atoms with Gasteiger partial charge >= 0.3 is 0 Å². The molecule has 2 rings (SSSR count). The zero-order valence-corrected chi connectivity index (χ0v) is 11.5. The van der Waals surface area contributed by atoms with Gasteiger partial charge in [-0.15, -0.1) is 0 Å². The Balaban J connectivity index is 2.27. The fraction of sp³-hybridized carbons (Fsp3) is 0.235. The summed E-state index contributed by atoms with van der Waals surface area (Å²) in [5, 5.41) is 19.6. The second-order valence-electron chi connectivity index (χ2n) is 4.83. The normalized spacial score (nSPS) is 10.4. The van der Waals surface area contributed by atoms with Crippen LogP contribution in [0.15, 0.2) is 42.5 Å². The summed E-state index contributed by atoms with van der Waals surface area (Å²) in [5.41, 5.74) is 1.87. The summed E-state index contributed by atoms with van der Waals surface area (Å²) in [6, 6.07) is 12.3. The second kappa shape index (κ2) is 6.24. The Morgan fingerprint density at radius 3 is 2.40 bits per heavy atom. The van der Waals surface area contributed by atoms with Gasteiger partial charge in [0, 0.05) is 12.5 Å². The fourth-order valence-electron chi connectivity index (χ4n) is 2.19. The monoisotopic (exact) mass is 270 g/mol. The minimum atomic E-state index is -0.164. The maximum atomic E-state index is 12.3. The molecule has 0 aliphatic rings. The molecule has 104 valence electrons. The van der Waals surface area contributed by atoms with Gasteiger partial charge in [0.1, 0.15) is 11.5 Å². The van der Waals surface area contributed by atoms with E-state index in [-0.39, 0.29) is 29.3 Å². The lowest BCUT2D eigenvalue weighted by Crippen LogP contribution is -2.05. The van der Waals surface area contributed by atoms with E-state index in [0.717, 1.165) is 12.0 Å². The van der Waals surface area contributed by atoms with E-state index in [1.165, 1.54) is 6.07 Å². The first kappa shape index (κ1) is 14.1. The van der Waals surface area contributed by atoms with Crippen LogP contribution < -0.4 is 0 Å². The zero-order valence-electron chi connectivity index (χ0n) is 11.5. The fourth-order valence-corrected chi connectivity index (χ4v) is 2.19. The van der Waals surface area contributed by atoms with Crippen molar-refractivity contribution < 1.29 is 15.0 Å². The van der Waals surface area contributed by atoms with Crippen LogP contribution in [0.5, 0.6) is 11.5 Å². The average Bonchev–Trinajstić information content (AvgIpc) is 2.43. The summed E-state index contributed by atoms with van der Waals surface area (Å²) in [4.78, 5) is 12.3. The summed E-state index contributed by atoms with van der Waals surface area (Å²) in [7, 11) is 0. The number of phenolic OH excluding ortho intramolecular Hbond substituents is 2. The molecule has 0 aliphatic carbocycles. The van der Waals surface area contributed by atoms with Gasteiger partial charge in [-0.25, -0.2) is 0 Å². The van der Waals surface area contributed by atoms with E-state index >= 15 is 0 Å². The van der Waals surface area contributed by atoms with Gasteiger partial charge in [-0.3, -0.25) is 4.79 Å². The Morgan fingerprint density at radius 2 is 1.75 bits per heavy atom. The quantitative estimate of drug-likeness (QED) is 0.818. The molecule has 0 saturated carbocycles. The van der Waals surface area contributed by atoms with E-state index in [1.54, 1.807) is 6.07 Å². The highest BCUT2D eigenvalue weighted by atomic mass is 16.3. The van der Waals surface area contributed by atoms with Crippen LogP contribution in [-0.4, -0.2) is 16.0 Å². The Kier molecular flexibility index (Phi) is 4.41. The van der Waals surface area contributed by atoms with Crippen LogP contribution in [0.4, 0.5) is 0 Å². The summed E-state index contributed by atoms with van der Waals surface area (Å²) in [6.45, 7) is 2.00. The number of rotatable bonds is 5. The lowest BCUT2D eigenvalue weighted by atomic mass is 9.98. The lowest BCUT2D eigenvalue weighted by Gasteiger charge is -2.09. The highest BCUT2D eigenvalue weighted by molar-refractivity contribution is 6.00. The molecule has 2 aromatic carbocycles. The van der Waals surface area contributed by atoms with Crippen LogP contribution in [0.25, 0.3) is 0 Å². The summed E-state index contributed by atoms with van der Waals surface area (Å²) in [6.07, 6.45) is 1.78. The van der Waals surface area contributed by atoms with E-state index in [4.69, 9.17) is 0 Å². The largest absolute Gasteiger partial charge is 0.508 e. The number of benzene rings is 2. The van der Waals surface area contributed by atoms with Crippen LogP contribution in [0.2, 0.25) is 0 Å². The van der Waals surface area contributed by atoms with Crippen molar-refractivity contribution in [3.63, 3.8) is 0 Å². The van der Waals surface area contributed by atoms with Gasteiger partial charge < -0.3 is 10.2 Å². The number of phenols is 2. The van der Waals surface area contributed by atoms with Crippen molar-refractivity contribution in [3.05, 3.63) is 59.2 Å². The third kappa shape index (κ3) is 3.18. The number of aryl methyl sites for hydroxylation is 1. The molecular formula is C17H18O3. The third-order valence-corrected chi connectivity index (χ3v) is 3.22. The van der Waals surface area contributed by atoms with Crippen molar-refractivity contribution in [1.82, 2.24) is 0 Å². The van der Waals surface area contributed by atoms with Gasteiger partial charge in [0.15, 0.2) is 5.78 Å². The van der Waals surface area contributed by atoms with Crippen LogP contribution in [0.1, 0.15) is 34.8 Å². The van der Waals surface area contributed by atoms with E-state index in [0.29, 0.717) is 12.0 Å². The van der Waals surface area contributed by atoms with Gasteiger partial charge in [0.25, 0.3) is 0 Å². The van der Waals surface area contributed by atoms with Crippen molar-refractivity contribution in [2.24, 2.45) is 0 Å². The van der Waals surface area contributed by atoms with E-state index < -0.39 is 0 Å². The molecule has 0 aromatic heterocycles. The molecule has 0 aliphatic heterocycles.